The minimum Gasteiger partial charge on any atom is -0.314 e. The van der Waals surface area contributed by atoms with Crippen LogP contribution >= 0.6 is 11.3 Å². The number of hydrogen-bond donors (Lipinski definition) is 0. The van der Waals surface area contributed by atoms with E-state index in [1.165, 1.54) is 18.4 Å². The molecule has 0 N–H and O–H groups in total. The highest BCUT2D eigenvalue weighted by atomic mass is 32.1. The molecule has 0 aliphatic heterocycles. The Morgan fingerprint density at radius 2 is 2.43 bits per heavy atom. The molecular formula is C10H11N3S. The Hall–Kier alpha value is -1.16. The molecule has 1 aliphatic carbocycles. The number of aromatic nitrogens is 3. The van der Waals surface area contributed by atoms with Gasteiger partial charge in [-0.05, 0) is 35.2 Å². The van der Waals surface area contributed by atoms with Crippen LogP contribution in [0.3, 0.4) is 0 Å². The van der Waals surface area contributed by atoms with Gasteiger partial charge in [-0.2, -0.15) is 11.3 Å². The van der Waals surface area contributed by atoms with Gasteiger partial charge in [-0.25, -0.2) is 0 Å². The van der Waals surface area contributed by atoms with Crippen molar-refractivity contribution in [2.75, 3.05) is 0 Å². The molecule has 3 rings (SSSR count). The van der Waals surface area contributed by atoms with E-state index in [9.17, 15) is 0 Å². The van der Waals surface area contributed by atoms with E-state index in [4.69, 9.17) is 0 Å². The van der Waals surface area contributed by atoms with Gasteiger partial charge in [0, 0.05) is 12.5 Å². The smallest absolute Gasteiger partial charge is 0.137 e. The third kappa shape index (κ3) is 1.46. The van der Waals surface area contributed by atoms with Gasteiger partial charge >= 0.3 is 0 Å². The van der Waals surface area contributed by atoms with Gasteiger partial charge < -0.3 is 4.57 Å². The molecule has 2 aromatic heterocycles. The molecule has 72 valence electrons. The monoisotopic (exact) mass is 205 g/mol. The highest BCUT2D eigenvalue weighted by Crippen LogP contribution is 2.35. The summed E-state index contributed by atoms with van der Waals surface area (Å²) in [4.78, 5) is 0. The zero-order chi connectivity index (χ0) is 9.38. The Morgan fingerprint density at radius 1 is 1.50 bits per heavy atom. The second-order valence-electron chi connectivity index (χ2n) is 3.69. The van der Waals surface area contributed by atoms with Crippen molar-refractivity contribution in [2.45, 2.75) is 25.3 Å². The normalized spacial score (nSPS) is 16.0. The Balaban J connectivity index is 1.85. The Labute approximate surface area is 86.4 Å². The zero-order valence-electron chi connectivity index (χ0n) is 7.76. The van der Waals surface area contributed by atoms with Crippen molar-refractivity contribution >= 4 is 11.3 Å². The summed E-state index contributed by atoms with van der Waals surface area (Å²) in [5.41, 5.74) is 1.34. The Kier molecular flexibility index (Phi) is 1.87. The largest absolute Gasteiger partial charge is 0.314 e. The molecule has 1 fully saturated rings. The topological polar surface area (TPSA) is 30.7 Å². The second-order valence-corrected chi connectivity index (χ2v) is 4.47. The van der Waals surface area contributed by atoms with Crippen molar-refractivity contribution < 1.29 is 0 Å². The average Bonchev–Trinajstić information content (AvgIpc) is 2.74. The molecule has 0 atom stereocenters. The van der Waals surface area contributed by atoms with Crippen LogP contribution in [0.25, 0.3) is 0 Å². The predicted octanol–water partition coefficient (Wildman–Crippen LogP) is 2.27. The molecule has 0 amide bonds. The van der Waals surface area contributed by atoms with E-state index in [2.05, 4.69) is 31.6 Å². The van der Waals surface area contributed by atoms with Gasteiger partial charge in [-0.15, -0.1) is 10.2 Å². The Bertz CT molecular complexity index is 414. The number of hydrogen-bond acceptors (Lipinski definition) is 3. The number of nitrogens with zero attached hydrogens (tertiary/aromatic N) is 3. The first-order chi connectivity index (χ1) is 6.93. The summed E-state index contributed by atoms with van der Waals surface area (Å²) in [6.45, 7) is 0. The summed E-state index contributed by atoms with van der Waals surface area (Å²) in [6.07, 6.45) is 5.35. The minimum absolute atomic E-state index is 0.679. The standard InChI is InChI=1S/C10H11N3S/c1-2-9(1)13-7-11-12-10(13)5-8-3-4-14-6-8/h3-4,6-7,9H,1-2,5H2. The van der Waals surface area contributed by atoms with Crippen LogP contribution in [0.5, 0.6) is 0 Å². The molecule has 0 spiro atoms. The van der Waals surface area contributed by atoms with Gasteiger partial charge in [0.1, 0.15) is 12.2 Å². The molecule has 2 aromatic rings. The van der Waals surface area contributed by atoms with Gasteiger partial charge in [0.05, 0.1) is 0 Å². The summed E-state index contributed by atoms with van der Waals surface area (Å²) in [7, 11) is 0. The van der Waals surface area contributed by atoms with E-state index in [-0.39, 0.29) is 0 Å². The fourth-order valence-corrected chi connectivity index (χ4v) is 2.30. The third-order valence-corrected chi connectivity index (χ3v) is 3.26. The lowest BCUT2D eigenvalue weighted by molar-refractivity contribution is 0.694. The molecule has 14 heavy (non-hydrogen) atoms. The summed E-state index contributed by atoms with van der Waals surface area (Å²) in [6, 6.07) is 2.83. The number of thiophene rings is 1. The molecule has 4 heteroatoms. The first kappa shape index (κ1) is 8.17. The van der Waals surface area contributed by atoms with E-state index >= 15 is 0 Å². The first-order valence-electron chi connectivity index (χ1n) is 4.83. The fourth-order valence-electron chi connectivity index (χ4n) is 1.63. The van der Waals surface area contributed by atoms with E-state index in [1.54, 1.807) is 11.3 Å². The molecule has 0 bridgehead atoms. The van der Waals surface area contributed by atoms with E-state index in [0.717, 1.165) is 12.2 Å². The minimum atomic E-state index is 0.679. The molecule has 2 heterocycles. The second kappa shape index (κ2) is 3.20. The SMILES string of the molecule is c1cc(Cc2nncn2C2CC2)cs1. The van der Waals surface area contributed by atoms with Crippen LogP contribution in [0.4, 0.5) is 0 Å². The maximum atomic E-state index is 4.17. The molecule has 3 nitrogen and oxygen atoms in total. The zero-order valence-corrected chi connectivity index (χ0v) is 8.57. The summed E-state index contributed by atoms with van der Waals surface area (Å²) >= 11 is 1.73. The van der Waals surface area contributed by atoms with Crippen LogP contribution in [0.2, 0.25) is 0 Å². The maximum absolute atomic E-state index is 4.17. The lowest BCUT2D eigenvalue weighted by atomic mass is 10.2. The molecule has 0 aromatic carbocycles. The molecule has 0 saturated heterocycles. The molecular weight excluding hydrogens is 194 g/mol. The quantitative estimate of drug-likeness (QED) is 0.769. The summed E-state index contributed by atoms with van der Waals surface area (Å²) in [5, 5.41) is 12.4. The third-order valence-electron chi connectivity index (χ3n) is 2.53. The molecule has 1 aliphatic rings. The predicted molar refractivity (Wildman–Crippen MR) is 55.4 cm³/mol. The molecule has 1 saturated carbocycles. The summed E-state index contributed by atoms with van der Waals surface area (Å²) in [5.74, 6) is 1.10. The number of rotatable bonds is 3. The van der Waals surface area contributed by atoms with Crippen molar-refractivity contribution in [1.82, 2.24) is 14.8 Å². The van der Waals surface area contributed by atoms with Crippen LogP contribution in [0.15, 0.2) is 23.2 Å². The van der Waals surface area contributed by atoms with Crippen LogP contribution in [0, 0.1) is 0 Å². The van der Waals surface area contributed by atoms with Crippen molar-refractivity contribution in [2.24, 2.45) is 0 Å². The van der Waals surface area contributed by atoms with Gasteiger partial charge in [-0.1, -0.05) is 0 Å². The van der Waals surface area contributed by atoms with E-state index in [0.29, 0.717) is 6.04 Å². The fraction of sp³-hybridized carbons (Fsp3) is 0.400. The first-order valence-corrected chi connectivity index (χ1v) is 5.77. The van der Waals surface area contributed by atoms with Crippen molar-refractivity contribution in [3.63, 3.8) is 0 Å². The van der Waals surface area contributed by atoms with E-state index in [1.807, 2.05) is 6.33 Å². The average molecular weight is 205 g/mol. The van der Waals surface area contributed by atoms with Gasteiger partial charge in [-0.3, -0.25) is 0 Å². The van der Waals surface area contributed by atoms with Crippen LogP contribution in [-0.4, -0.2) is 14.8 Å². The van der Waals surface area contributed by atoms with E-state index < -0.39 is 0 Å². The highest BCUT2D eigenvalue weighted by Gasteiger charge is 2.25. The lowest BCUT2D eigenvalue weighted by Crippen LogP contribution is -2.00. The van der Waals surface area contributed by atoms with Crippen molar-refractivity contribution in [3.8, 4) is 0 Å². The highest BCUT2D eigenvalue weighted by molar-refractivity contribution is 7.07. The van der Waals surface area contributed by atoms with Crippen molar-refractivity contribution in [3.05, 3.63) is 34.5 Å². The lowest BCUT2D eigenvalue weighted by Gasteiger charge is -2.02. The molecule has 0 radical (unpaired) electrons. The van der Waals surface area contributed by atoms with Crippen LogP contribution < -0.4 is 0 Å². The van der Waals surface area contributed by atoms with Gasteiger partial charge in [0.25, 0.3) is 0 Å². The van der Waals surface area contributed by atoms with Crippen LogP contribution in [-0.2, 0) is 6.42 Å². The Morgan fingerprint density at radius 3 is 3.14 bits per heavy atom. The van der Waals surface area contributed by atoms with Gasteiger partial charge in [0.2, 0.25) is 0 Å². The van der Waals surface area contributed by atoms with Gasteiger partial charge in [0.15, 0.2) is 0 Å². The summed E-state index contributed by atoms with van der Waals surface area (Å²) < 4.78 is 2.22. The maximum Gasteiger partial charge on any atom is 0.137 e. The molecule has 0 unspecified atom stereocenters. The van der Waals surface area contributed by atoms with Crippen LogP contribution in [0.1, 0.15) is 30.3 Å². The van der Waals surface area contributed by atoms with Crippen molar-refractivity contribution in [1.29, 1.82) is 0 Å².